The highest BCUT2D eigenvalue weighted by Crippen LogP contribution is 2.12. The summed E-state index contributed by atoms with van der Waals surface area (Å²) < 4.78 is 7.59. The molecule has 0 fully saturated rings. The maximum Gasteiger partial charge on any atom is 0.0662 e. The summed E-state index contributed by atoms with van der Waals surface area (Å²) in [5.41, 5.74) is 3.72. The monoisotopic (exact) mass is 267 g/mol. The Labute approximate surface area is 117 Å². The highest BCUT2D eigenvalue weighted by molar-refractivity contribution is 5.24. The molecule has 1 rings (SSSR count). The molecule has 1 heterocycles. The first kappa shape index (κ1) is 16.2. The molecule has 0 saturated heterocycles. The van der Waals surface area contributed by atoms with E-state index in [1.54, 1.807) is 0 Å². The van der Waals surface area contributed by atoms with Crippen molar-refractivity contribution < 1.29 is 4.74 Å². The van der Waals surface area contributed by atoms with Gasteiger partial charge in [-0.3, -0.25) is 4.68 Å². The molecule has 0 aliphatic carbocycles. The Hall–Kier alpha value is -0.870. The molecular formula is C15H29N3O. The normalized spacial score (nSPS) is 11.5. The van der Waals surface area contributed by atoms with Crippen LogP contribution in [0.3, 0.4) is 0 Å². The molecule has 110 valence electrons. The number of nitrogens with zero attached hydrogens (tertiary/aromatic N) is 2. The number of aromatic nitrogens is 2. The van der Waals surface area contributed by atoms with E-state index in [0.29, 0.717) is 5.92 Å². The summed E-state index contributed by atoms with van der Waals surface area (Å²) >= 11 is 0. The van der Waals surface area contributed by atoms with E-state index in [0.717, 1.165) is 45.0 Å². The minimum absolute atomic E-state index is 0.679. The molecule has 0 atom stereocenters. The van der Waals surface area contributed by atoms with E-state index in [1.165, 1.54) is 11.3 Å². The van der Waals surface area contributed by atoms with Gasteiger partial charge >= 0.3 is 0 Å². The van der Waals surface area contributed by atoms with Gasteiger partial charge in [-0.05, 0) is 32.7 Å². The maximum absolute atomic E-state index is 5.53. The van der Waals surface area contributed by atoms with Crippen molar-refractivity contribution in [2.45, 2.75) is 54.1 Å². The Kier molecular flexibility index (Phi) is 7.10. The molecule has 1 aromatic rings. The fourth-order valence-electron chi connectivity index (χ4n) is 2.09. The van der Waals surface area contributed by atoms with Crippen molar-refractivity contribution in [1.29, 1.82) is 0 Å². The lowest BCUT2D eigenvalue weighted by molar-refractivity contribution is 0.124. The summed E-state index contributed by atoms with van der Waals surface area (Å²) in [4.78, 5) is 0. The summed E-state index contributed by atoms with van der Waals surface area (Å²) in [6.45, 7) is 15.2. The van der Waals surface area contributed by atoms with Crippen LogP contribution in [0, 0.1) is 19.8 Å². The third-order valence-electron chi connectivity index (χ3n) is 3.18. The van der Waals surface area contributed by atoms with Gasteiger partial charge in [-0.15, -0.1) is 0 Å². The minimum Gasteiger partial charge on any atom is -0.380 e. The van der Waals surface area contributed by atoms with E-state index in [4.69, 9.17) is 4.74 Å². The second-order valence-corrected chi connectivity index (χ2v) is 5.51. The average Bonchev–Trinajstić information content (AvgIpc) is 2.62. The first-order valence-electron chi connectivity index (χ1n) is 7.37. The lowest BCUT2D eigenvalue weighted by Crippen LogP contribution is -2.19. The Morgan fingerprint density at radius 3 is 2.63 bits per heavy atom. The van der Waals surface area contributed by atoms with Gasteiger partial charge in [-0.1, -0.05) is 20.8 Å². The highest BCUT2D eigenvalue weighted by Gasteiger charge is 2.10. The zero-order valence-corrected chi connectivity index (χ0v) is 13.1. The van der Waals surface area contributed by atoms with Crippen molar-refractivity contribution in [3.63, 3.8) is 0 Å². The number of ether oxygens (including phenoxy) is 1. The molecule has 1 aromatic heterocycles. The van der Waals surface area contributed by atoms with Gasteiger partial charge in [0, 0.05) is 24.4 Å². The molecule has 0 bridgehead atoms. The van der Waals surface area contributed by atoms with Crippen LogP contribution in [-0.2, 0) is 17.8 Å². The molecule has 0 saturated carbocycles. The molecule has 0 radical (unpaired) electrons. The molecule has 0 amide bonds. The molecule has 0 spiro atoms. The molecule has 0 aromatic carbocycles. The minimum atomic E-state index is 0.679. The summed E-state index contributed by atoms with van der Waals surface area (Å²) in [5, 5.41) is 8.09. The summed E-state index contributed by atoms with van der Waals surface area (Å²) in [5.74, 6) is 0.679. The Morgan fingerprint density at radius 2 is 2.00 bits per heavy atom. The van der Waals surface area contributed by atoms with E-state index in [1.807, 2.05) is 0 Å². The maximum atomic E-state index is 5.53. The number of nitrogens with one attached hydrogen (secondary N) is 1. The van der Waals surface area contributed by atoms with Crippen LogP contribution in [0.4, 0.5) is 0 Å². The molecule has 0 aliphatic rings. The number of aryl methyl sites for hydroxylation is 1. The van der Waals surface area contributed by atoms with Gasteiger partial charge in [0.25, 0.3) is 0 Å². The van der Waals surface area contributed by atoms with Gasteiger partial charge in [0.15, 0.2) is 0 Å². The molecular weight excluding hydrogens is 238 g/mol. The fraction of sp³-hybridized carbons (Fsp3) is 0.800. The standard InChI is InChI=1S/C15H29N3O/c1-6-8-19-9-7-18-14(5)15(13(4)17-18)11-16-10-12(2)3/h12,16H,6-11H2,1-5H3. The van der Waals surface area contributed by atoms with Gasteiger partial charge in [-0.25, -0.2) is 0 Å². The van der Waals surface area contributed by atoms with Crippen molar-refractivity contribution in [3.8, 4) is 0 Å². The predicted molar refractivity (Wildman–Crippen MR) is 79.4 cm³/mol. The molecule has 1 N–H and O–H groups in total. The average molecular weight is 267 g/mol. The predicted octanol–water partition coefficient (Wildman–Crippen LogP) is 2.67. The van der Waals surface area contributed by atoms with E-state index in [-0.39, 0.29) is 0 Å². The first-order chi connectivity index (χ1) is 9.06. The Bertz CT molecular complexity index is 372. The van der Waals surface area contributed by atoms with Crippen LogP contribution < -0.4 is 5.32 Å². The van der Waals surface area contributed by atoms with Crippen LogP contribution in [-0.4, -0.2) is 29.5 Å². The Balaban J connectivity index is 2.51. The SMILES string of the molecule is CCCOCCn1nc(C)c(CNCC(C)C)c1C. The molecule has 4 heteroatoms. The fourth-order valence-corrected chi connectivity index (χ4v) is 2.09. The van der Waals surface area contributed by atoms with Gasteiger partial charge in [-0.2, -0.15) is 5.10 Å². The number of hydrogen-bond donors (Lipinski definition) is 1. The van der Waals surface area contributed by atoms with Crippen molar-refractivity contribution in [3.05, 3.63) is 17.0 Å². The van der Waals surface area contributed by atoms with Gasteiger partial charge < -0.3 is 10.1 Å². The van der Waals surface area contributed by atoms with Crippen molar-refractivity contribution >= 4 is 0 Å². The van der Waals surface area contributed by atoms with E-state index in [9.17, 15) is 0 Å². The summed E-state index contributed by atoms with van der Waals surface area (Å²) in [7, 11) is 0. The first-order valence-corrected chi connectivity index (χ1v) is 7.37. The smallest absolute Gasteiger partial charge is 0.0662 e. The van der Waals surface area contributed by atoms with E-state index >= 15 is 0 Å². The lowest BCUT2D eigenvalue weighted by atomic mass is 10.2. The van der Waals surface area contributed by atoms with Crippen LogP contribution in [0.1, 0.15) is 44.1 Å². The number of rotatable bonds is 9. The van der Waals surface area contributed by atoms with Gasteiger partial charge in [0.1, 0.15) is 0 Å². The van der Waals surface area contributed by atoms with Crippen molar-refractivity contribution in [2.75, 3.05) is 19.8 Å². The van der Waals surface area contributed by atoms with Crippen LogP contribution >= 0.6 is 0 Å². The lowest BCUT2D eigenvalue weighted by Gasteiger charge is -2.08. The van der Waals surface area contributed by atoms with Gasteiger partial charge in [0.05, 0.1) is 18.8 Å². The van der Waals surface area contributed by atoms with Crippen LogP contribution in [0.5, 0.6) is 0 Å². The summed E-state index contributed by atoms with van der Waals surface area (Å²) in [6, 6.07) is 0. The molecule has 0 aliphatic heterocycles. The zero-order valence-electron chi connectivity index (χ0n) is 13.1. The van der Waals surface area contributed by atoms with Gasteiger partial charge in [0.2, 0.25) is 0 Å². The van der Waals surface area contributed by atoms with Crippen molar-refractivity contribution in [1.82, 2.24) is 15.1 Å². The van der Waals surface area contributed by atoms with Crippen LogP contribution in [0.15, 0.2) is 0 Å². The quantitative estimate of drug-likeness (QED) is 0.699. The summed E-state index contributed by atoms with van der Waals surface area (Å²) in [6.07, 6.45) is 1.07. The second kappa shape index (κ2) is 8.33. The third-order valence-corrected chi connectivity index (χ3v) is 3.18. The topological polar surface area (TPSA) is 39.1 Å². The van der Waals surface area contributed by atoms with Crippen LogP contribution in [0.2, 0.25) is 0 Å². The highest BCUT2D eigenvalue weighted by atomic mass is 16.5. The molecule has 4 nitrogen and oxygen atoms in total. The van der Waals surface area contributed by atoms with Crippen molar-refractivity contribution in [2.24, 2.45) is 5.92 Å². The van der Waals surface area contributed by atoms with Crippen LogP contribution in [0.25, 0.3) is 0 Å². The Morgan fingerprint density at radius 1 is 1.26 bits per heavy atom. The van der Waals surface area contributed by atoms with E-state index in [2.05, 4.69) is 49.7 Å². The molecule has 19 heavy (non-hydrogen) atoms. The third kappa shape index (κ3) is 5.33. The molecule has 0 unspecified atom stereocenters. The second-order valence-electron chi connectivity index (χ2n) is 5.51. The number of hydrogen-bond acceptors (Lipinski definition) is 3. The van der Waals surface area contributed by atoms with E-state index < -0.39 is 0 Å². The largest absolute Gasteiger partial charge is 0.380 e. The zero-order chi connectivity index (χ0) is 14.3.